The number of hydrogen-bond acceptors (Lipinski definition) is 12. The van der Waals surface area contributed by atoms with E-state index in [1.807, 2.05) is 48.5 Å². The lowest BCUT2D eigenvalue weighted by molar-refractivity contribution is -0.130. The predicted octanol–water partition coefficient (Wildman–Crippen LogP) is 8.58. The molecule has 0 spiro atoms. The van der Waals surface area contributed by atoms with Gasteiger partial charge < -0.3 is 9.80 Å². The lowest BCUT2D eigenvalue weighted by atomic mass is 9.91. The van der Waals surface area contributed by atoms with Crippen LogP contribution in [-0.4, -0.2) is 140 Å². The first-order chi connectivity index (χ1) is 38.4. The summed E-state index contributed by atoms with van der Waals surface area (Å²) in [6.07, 6.45) is 7.84. The van der Waals surface area contributed by atoms with Crippen molar-refractivity contribution in [2.24, 2.45) is 0 Å². The molecule has 11 rings (SSSR count). The summed E-state index contributed by atoms with van der Waals surface area (Å²) in [6, 6.07) is 24.6. The summed E-state index contributed by atoms with van der Waals surface area (Å²) in [5.41, 5.74) is 1.46. The molecule has 0 saturated carbocycles. The van der Waals surface area contributed by atoms with Gasteiger partial charge in [-0.15, -0.1) is 0 Å². The summed E-state index contributed by atoms with van der Waals surface area (Å²) in [5.74, 6) is -0.649. The number of anilines is 4. The van der Waals surface area contributed by atoms with Crippen molar-refractivity contribution in [3.05, 3.63) is 152 Å². The molecule has 4 aromatic carbocycles. The van der Waals surface area contributed by atoms with Crippen LogP contribution in [0.1, 0.15) is 38.8 Å². The number of fused-ring (bicyclic) bond motifs is 2. The van der Waals surface area contributed by atoms with Crippen molar-refractivity contribution in [3.63, 3.8) is 0 Å². The molecule has 0 radical (unpaired) electrons. The van der Waals surface area contributed by atoms with E-state index in [-0.39, 0.29) is 111 Å². The first-order valence-corrected chi connectivity index (χ1v) is 30.5. The Morgan fingerprint density at radius 1 is 0.531 bits per heavy atom. The van der Waals surface area contributed by atoms with Gasteiger partial charge in [0.1, 0.15) is 17.4 Å². The van der Waals surface area contributed by atoms with E-state index in [0.717, 1.165) is 26.7 Å². The molecule has 0 unspecified atom stereocenters. The van der Waals surface area contributed by atoms with Crippen LogP contribution in [0.15, 0.2) is 131 Å². The molecule has 2 fully saturated rings. The number of halogens is 5. The van der Waals surface area contributed by atoms with Crippen LogP contribution >= 0.6 is 62.3 Å². The Bertz CT molecular complexity index is 3820. The van der Waals surface area contributed by atoms with Crippen molar-refractivity contribution in [1.29, 1.82) is 0 Å². The molecule has 7 heterocycles. The number of benzene rings is 4. The second-order valence-electron chi connectivity index (χ2n) is 20.2. The summed E-state index contributed by atoms with van der Waals surface area (Å²) >= 11 is 28.5. The van der Waals surface area contributed by atoms with Crippen LogP contribution in [0, 0.1) is 0 Å². The Kier molecular flexibility index (Phi) is 16.1. The second kappa shape index (κ2) is 22.5. The number of carbonyl (C=O) groups is 4. The second-order valence-corrected chi connectivity index (χ2v) is 26.6. The van der Waals surface area contributed by atoms with Crippen molar-refractivity contribution in [2.45, 2.75) is 61.7 Å². The molecule has 27 heteroatoms. The monoisotopic (exact) mass is 1280 g/mol. The van der Waals surface area contributed by atoms with Crippen LogP contribution < -0.4 is 9.80 Å². The summed E-state index contributed by atoms with van der Waals surface area (Å²) in [5, 5.41) is 1.10. The third-order valence-electron chi connectivity index (χ3n) is 14.8. The molecule has 0 aliphatic carbocycles. The number of nitrogens with zero attached hydrogens (tertiary/aromatic N) is 12. The van der Waals surface area contributed by atoms with Gasteiger partial charge in [0.25, 0.3) is 31.9 Å². The molecule has 20 nitrogen and oxygen atoms in total. The van der Waals surface area contributed by atoms with Gasteiger partial charge in [0.15, 0.2) is 10.1 Å². The number of piperazine rings is 2. The fourth-order valence-corrected chi connectivity index (χ4v) is 15.1. The lowest BCUT2D eigenvalue weighted by Gasteiger charge is -2.34. The van der Waals surface area contributed by atoms with Gasteiger partial charge in [-0.1, -0.05) is 98.7 Å². The van der Waals surface area contributed by atoms with Gasteiger partial charge in [-0.25, -0.2) is 46.6 Å². The highest BCUT2D eigenvalue weighted by atomic mass is 79.9. The van der Waals surface area contributed by atoms with Gasteiger partial charge >= 0.3 is 0 Å². The van der Waals surface area contributed by atoms with Gasteiger partial charge in [0.05, 0.1) is 23.8 Å². The normalized spacial score (nSPS) is 19.6. The molecule has 4 amide bonds. The maximum absolute atomic E-state index is 14.3. The maximum Gasteiger partial charge on any atom is 0.260 e. The molecule has 7 aromatic rings. The summed E-state index contributed by atoms with van der Waals surface area (Å²) in [7, 11) is -8.14. The zero-order valence-electron chi connectivity index (χ0n) is 43.9. The van der Waals surface area contributed by atoms with E-state index >= 15 is 0 Å². The number of rotatable bonds is 11. The average molecular weight is 1280 g/mol. The predicted molar refractivity (Wildman–Crippen MR) is 310 cm³/mol. The largest absolute Gasteiger partial charge is 0.340 e. The summed E-state index contributed by atoms with van der Waals surface area (Å²) in [6.45, 7) is 8.02. The minimum absolute atomic E-state index is 0.0904. The van der Waals surface area contributed by atoms with Gasteiger partial charge in [0.2, 0.25) is 23.7 Å². The number of imidazole rings is 2. The molecular weight excluding hydrogens is 1230 g/mol. The van der Waals surface area contributed by atoms with Crippen molar-refractivity contribution >= 4 is 129 Å². The van der Waals surface area contributed by atoms with Crippen molar-refractivity contribution in [1.82, 2.24) is 47.5 Å². The highest BCUT2D eigenvalue weighted by Gasteiger charge is 2.54. The standard InChI is InChI=1S/C29H27Cl2N7O4S.C25H24BrCl2N5O4S/c1-19(39)35-7-9-36(10-8-35)43(41,42)26-17-34-28-37(25-12-23(30)11-24(31)13-25)27(40)29(2,38(26)28)14-20-3-5-21(6-4-20)22-15-32-18-33-16-22;1-16(34)30-7-9-31(10-8-30)38(36,37)22-15-29-24-32(21-12-19(27)11-20(28)13-21)23(35)25(2,33(22)24)14-17-3-5-18(26)6-4-17/h3-6,11-13,15-18H,7-10,14H2,1-2H3;3-6,11-13,15H,7-10,14H2,1-2H3/t29-;25-/m11/s1. The Balaban J connectivity index is 0.000000183. The molecule has 4 aliphatic heterocycles. The Hall–Kier alpha value is -6.28. The van der Waals surface area contributed by atoms with Crippen LogP contribution in [0.5, 0.6) is 0 Å². The number of sulfonamides is 2. The molecule has 2 saturated heterocycles. The van der Waals surface area contributed by atoms with E-state index in [1.54, 1.807) is 72.4 Å². The molecule has 3 aromatic heterocycles. The molecular formula is C54H51BrCl4N12O8S2. The zero-order valence-corrected chi connectivity index (χ0v) is 50.1. The van der Waals surface area contributed by atoms with Gasteiger partial charge in [0, 0.05) is 122 Å². The van der Waals surface area contributed by atoms with Crippen LogP contribution in [-0.2, 0) is 63.1 Å². The van der Waals surface area contributed by atoms with E-state index < -0.39 is 31.1 Å². The fourth-order valence-electron chi connectivity index (χ4n) is 10.6. The van der Waals surface area contributed by atoms with Crippen LogP contribution in [0.2, 0.25) is 20.1 Å². The van der Waals surface area contributed by atoms with Crippen LogP contribution in [0.25, 0.3) is 11.1 Å². The molecule has 2 atom stereocenters. The first kappa shape index (κ1) is 57.9. The van der Waals surface area contributed by atoms with Crippen LogP contribution in [0.3, 0.4) is 0 Å². The van der Waals surface area contributed by atoms with Crippen molar-refractivity contribution < 1.29 is 36.0 Å². The highest BCUT2D eigenvalue weighted by Crippen LogP contribution is 2.47. The van der Waals surface area contributed by atoms with E-state index in [0.29, 0.717) is 31.5 Å². The topological polar surface area (TPSA) is 217 Å². The SMILES string of the molecule is CC(=O)N1CCN(S(=O)(=O)c2cnc3n2[C@](C)(Cc2ccc(-c4cncnc4)cc2)C(=O)N3c2cc(Cl)cc(Cl)c2)CC1.CC(=O)N1CCN(S(=O)(=O)c2cnc3n2[C@](C)(Cc2ccc(Br)cc2)C(=O)N3c2cc(Cl)cc(Cl)c2)CC1. The minimum Gasteiger partial charge on any atom is -0.340 e. The Labute approximate surface area is 496 Å². The third-order valence-corrected chi connectivity index (χ3v) is 19.9. The third kappa shape index (κ3) is 11.0. The number of hydrogen-bond donors (Lipinski definition) is 0. The average Bonchev–Trinajstić information content (AvgIpc) is 4.30. The van der Waals surface area contributed by atoms with Gasteiger partial charge in [-0.2, -0.15) is 8.61 Å². The number of carbonyl (C=O) groups excluding carboxylic acids is 4. The fraction of sp³-hybridized carbons (Fsp3) is 0.296. The molecule has 0 N–H and O–H groups in total. The highest BCUT2D eigenvalue weighted by molar-refractivity contribution is 9.10. The Morgan fingerprint density at radius 2 is 0.889 bits per heavy atom. The smallest absolute Gasteiger partial charge is 0.260 e. The zero-order chi connectivity index (χ0) is 57.9. The van der Waals surface area contributed by atoms with Crippen molar-refractivity contribution in [2.75, 3.05) is 62.2 Å². The number of amides is 4. The molecule has 0 bridgehead atoms. The molecule has 4 aliphatic rings. The van der Waals surface area contributed by atoms with E-state index in [1.165, 1.54) is 60.1 Å². The van der Waals surface area contributed by atoms with Crippen LogP contribution in [0.4, 0.5) is 23.3 Å². The van der Waals surface area contributed by atoms with Gasteiger partial charge in [-0.05, 0) is 79.1 Å². The minimum atomic E-state index is -4.09. The quantitative estimate of drug-likeness (QED) is 0.119. The van der Waals surface area contributed by atoms with Crippen molar-refractivity contribution in [3.8, 4) is 11.1 Å². The van der Waals surface area contributed by atoms with E-state index in [4.69, 9.17) is 46.4 Å². The number of aromatic nitrogens is 6. The van der Waals surface area contributed by atoms with E-state index in [2.05, 4.69) is 35.9 Å². The molecule has 81 heavy (non-hydrogen) atoms. The first-order valence-electron chi connectivity index (χ1n) is 25.3. The maximum atomic E-state index is 14.3. The lowest BCUT2D eigenvalue weighted by Crippen LogP contribution is -2.50. The molecule has 422 valence electrons. The Morgan fingerprint density at radius 3 is 1.25 bits per heavy atom. The van der Waals surface area contributed by atoms with Gasteiger partial charge in [-0.3, -0.25) is 28.3 Å². The van der Waals surface area contributed by atoms with E-state index in [9.17, 15) is 36.0 Å². The summed E-state index contributed by atoms with van der Waals surface area (Å²) < 4.78 is 62.5. The summed E-state index contributed by atoms with van der Waals surface area (Å²) in [4.78, 5) is 75.0.